The lowest BCUT2D eigenvalue weighted by Crippen LogP contribution is -2.55. The quantitative estimate of drug-likeness (QED) is 0.561. The molecule has 1 saturated heterocycles. The van der Waals surface area contributed by atoms with E-state index in [4.69, 9.17) is 4.74 Å². The summed E-state index contributed by atoms with van der Waals surface area (Å²) < 4.78 is 33.0. The largest absolute Gasteiger partial charge is 0.444 e. The van der Waals surface area contributed by atoms with E-state index < -0.39 is 44.8 Å². The van der Waals surface area contributed by atoms with Crippen molar-refractivity contribution in [1.82, 2.24) is 20.2 Å². The number of nitrogens with zero attached hydrogens (tertiary/aromatic N) is 2. The SMILES string of the molecule is Cc1ccc(S(=O)(=O)[C@H](c2ncc[nH]2)C(NC(=O)OC(C)(C)C)C(=O)N2CCC(O)CC2)cc1. The second-order valence-electron chi connectivity index (χ2n) is 9.43. The van der Waals surface area contributed by atoms with Gasteiger partial charge in [0.05, 0.1) is 11.0 Å². The molecule has 3 rings (SSSR count). The number of hydrogen-bond donors (Lipinski definition) is 3. The zero-order valence-electron chi connectivity index (χ0n) is 19.8. The van der Waals surface area contributed by atoms with Gasteiger partial charge in [-0.3, -0.25) is 4.79 Å². The number of hydrogen-bond acceptors (Lipinski definition) is 7. The molecular weight excluding hydrogens is 460 g/mol. The molecule has 0 bridgehead atoms. The fraction of sp³-hybridized carbons (Fsp3) is 0.522. The number of imidazole rings is 1. The van der Waals surface area contributed by atoms with E-state index in [-0.39, 0.29) is 23.8 Å². The highest BCUT2D eigenvalue weighted by Gasteiger charge is 2.45. The average molecular weight is 493 g/mol. The minimum Gasteiger partial charge on any atom is -0.444 e. The van der Waals surface area contributed by atoms with Crippen LogP contribution in [0.2, 0.25) is 0 Å². The van der Waals surface area contributed by atoms with Crippen molar-refractivity contribution in [2.45, 2.75) is 68.4 Å². The van der Waals surface area contributed by atoms with Crippen LogP contribution in [0.15, 0.2) is 41.6 Å². The van der Waals surface area contributed by atoms with E-state index in [9.17, 15) is 23.1 Å². The van der Waals surface area contributed by atoms with Crippen molar-refractivity contribution in [3.05, 3.63) is 48.0 Å². The van der Waals surface area contributed by atoms with Crippen LogP contribution in [0, 0.1) is 6.92 Å². The molecule has 1 unspecified atom stereocenters. The minimum absolute atomic E-state index is 0.00245. The molecule has 0 saturated carbocycles. The molecular formula is C23H32N4O6S. The van der Waals surface area contributed by atoms with Crippen LogP contribution in [0.5, 0.6) is 0 Å². The van der Waals surface area contributed by atoms with Gasteiger partial charge in [-0.05, 0) is 52.7 Å². The zero-order valence-corrected chi connectivity index (χ0v) is 20.6. The molecule has 2 amide bonds. The molecule has 2 aromatic rings. The Morgan fingerprint density at radius 1 is 1.21 bits per heavy atom. The highest BCUT2D eigenvalue weighted by atomic mass is 32.2. The molecule has 10 nitrogen and oxygen atoms in total. The third-order valence-electron chi connectivity index (χ3n) is 5.49. The molecule has 1 fully saturated rings. The predicted octanol–water partition coefficient (Wildman–Crippen LogP) is 2.11. The van der Waals surface area contributed by atoms with E-state index >= 15 is 0 Å². The molecule has 1 aliphatic rings. The number of likely N-dealkylation sites (tertiary alicyclic amines) is 1. The number of nitrogens with one attached hydrogen (secondary N) is 2. The molecule has 2 heterocycles. The highest BCUT2D eigenvalue weighted by molar-refractivity contribution is 7.91. The number of aliphatic hydroxyl groups excluding tert-OH is 1. The Labute approximate surface area is 199 Å². The summed E-state index contributed by atoms with van der Waals surface area (Å²) in [5.41, 5.74) is 0.0167. The Morgan fingerprint density at radius 2 is 1.82 bits per heavy atom. The first-order chi connectivity index (χ1) is 15.9. The lowest BCUT2D eigenvalue weighted by atomic mass is 10.1. The number of aromatic amines is 1. The Morgan fingerprint density at radius 3 is 2.35 bits per heavy atom. The van der Waals surface area contributed by atoms with E-state index in [0.29, 0.717) is 12.8 Å². The summed E-state index contributed by atoms with van der Waals surface area (Å²) in [6.45, 7) is 7.32. The van der Waals surface area contributed by atoms with Gasteiger partial charge in [-0.15, -0.1) is 0 Å². The van der Waals surface area contributed by atoms with E-state index in [1.54, 1.807) is 32.9 Å². The Hall–Kier alpha value is -2.92. The molecule has 2 atom stereocenters. The number of sulfone groups is 1. The summed E-state index contributed by atoms with van der Waals surface area (Å²) >= 11 is 0. The van der Waals surface area contributed by atoms with Crippen molar-refractivity contribution >= 4 is 21.8 Å². The van der Waals surface area contributed by atoms with Crippen LogP contribution >= 0.6 is 0 Å². The third kappa shape index (κ3) is 6.15. The summed E-state index contributed by atoms with van der Waals surface area (Å²) in [7, 11) is -4.18. The van der Waals surface area contributed by atoms with Crippen molar-refractivity contribution in [2.75, 3.05) is 13.1 Å². The number of aliphatic hydroxyl groups is 1. The van der Waals surface area contributed by atoms with Crippen LogP contribution in [0.1, 0.15) is 50.3 Å². The Kier molecular flexibility index (Phi) is 7.67. The standard InChI is InChI=1S/C23H32N4O6S/c1-15-5-7-17(8-6-15)34(31,32)19(20-24-11-12-25-20)18(26-22(30)33-23(2,3)4)21(29)27-13-9-16(28)10-14-27/h5-8,11-12,16,18-19,28H,9-10,13-14H2,1-4H3,(H,24,25)(H,26,30)/t18?,19-/m0/s1. The average Bonchev–Trinajstić information content (AvgIpc) is 3.26. The first-order valence-corrected chi connectivity index (χ1v) is 12.7. The van der Waals surface area contributed by atoms with Crippen molar-refractivity contribution in [3.63, 3.8) is 0 Å². The molecule has 0 spiro atoms. The normalized spacial score (nSPS) is 17.1. The number of alkyl carbamates (subject to hydrolysis) is 1. The van der Waals surface area contributed by atoms with Gasteiger partial charge < -0.3 is 25.0 Å². The molecule has 0 radical (unpaired) electrons. The molecule has 1 aliphatic heterocycles. The number of aryl methyl sites for hydroxylation is 1. The van der Waals surface area contributed by atoms with Crippen molar-refractivity contribution in [1.29, 1.82) is 0 Å². The van der Waals surface area contributed by atoms with Crippen molar-refractivity contribution in [3.8, 4) is 0 Å². The van der Waals surface area contributed by atoms with Gasteiger partial charge in [-0.2, -0.15) is 0 Å². The first kappa shape index (κ1) is 25.7. The maximum atomic E-state index is 13.8. The number of benzene rings is 1. The molecule has 3 N–H and O–H groups in total. The van der Waals surface area contributed by atoms with Gasteiger partial charge in [0.2, 0.25) is 5.91 Å². The second-order valence-corrected chi connectivity index (χ2v) is 11.5. The summed E-state index contributed by atoms with van der Waals surface area (Å²) in [5.74, 6) is -0.568. The smallest absolute Gasteiger partial charge is 0.408 e. The minimum atomic E-state index is -4.18. The van der Waals surface area contributed by atoms with Crippen LogP contribution in [-0.4, -0.2) is 71.2 Å². The molecule has 34 heavy (non-hydrogen) atoms. The monoisotopic (exact) mass is 492 g/mol. The van der Waals surface area contributed by atoms with E-state index in [0.717, 1.165) is 5.56 Å². The van der Waals surface area contributed by atoms with Gasteiger partial charge >= 0.3 is 6.09 Å². The lowest BCUT2D eigenvalue weighted by molar-refractivity contribution is -0.135. The third-order valence-corrected chi connectivity index (χ3v) is 7.58. The first-order valence-electron chi connectivity index (χ1n) is 11.1. The summed E-state index contributed by atoms with van der Waals surface area (Å²) in [6, 6.07) is 4.74. The lowest BCUT2D eigenvalue weighted by Gasteiger charge is -2.35. The number of H-pyrrole nitrogens is 1. The van der Waals surface area contributed by atoms with Gasteiger partial charge in [0.25, 0.3) is 0 Å². The molecule has 11 heteroatoms. The Bertz CT molecular complexity index is 1090. The van der Waals surface area contributed by atoms with Crippen LogP contribution in [-0.2, 0) is 19.4 Å². The number of carbonyl (C=O) groups excluding carboxylic acids is 2. The van der Waals surface area contributed by atoms with E-state index in [1.165, 1.54) is 29.4 Å². The number of amides is 2. The second kappa shape index (κ2) is 10.1. The molecule has 0 aliphatic carbocycles. The topological polar surface area (TPSA) is 142 Å². The molecule has 1 aromatic carbocycles. The fourth-order valence-corrected chi connectivity index (χ4v) is 5.55. The van der Waals surface area contributed by atoms with Gasteiger partial charge in [0.15, 0.2) is 15.1 Å². The van der Waals surface area contributed by atoms with Crippen LogP contribution in [0.25, 0.3) is 0 Å². The van der Waals surface area contributed by atoms with Gasteiger partial charge in [0.1, 0.15) is 17.5 Å². The molecule has 1 aromatic heterocycles. The maximum absolute atomic E-state index is 13.8. The van der Waals surface area contributed by atoms with Gasteiger partial charge in [0, 0.05) is 25.5 Å². The number of piperidine rings is 1. The zero-order chi connectivity index (χ0) is 25.1. The van der Waals surface area contributed by atoms with Crippen LogP contribution < -0.4 is 5.32 Å². The summed E-state index contributed by atoms with van der Waals surface area (Å²) in [4.78, 5) is 34.7. The number of ether oxygens (including phenoxy) is 1. The van der Waals surface area contributed by atoms with Crippen molar-refractivity contribution in [2.24, 2.45) is 0 Å². The number of rotatable bonds is 6. The fourth-order valence-electron chi connectivity index (χ4n) is 3.78. The number of carbonyl (C=O) groups is 2. The van der Waals surface area contributed by atoms with E-state index in [1.807, 2.05) is 6.92 Å². The maximum Gasteiger partial charge on any atom is 0.408 e. The van der Waals surface area contributed by atoms with Crippen LogP contribution in [0.3, 0.4) is 0 Å². The Balaban J connectivity index is 2.06. The van der Waals surface area contributed by atoms with Crippen LogP contribution in [0.4, 0.5) is 4.79 Å². The summed E-state index contributed by atoms with van der Waals surface area (Å²) in [5, 5.41) is 10.8. The van der Waals surface area contributed by atoms with Crippen molar-refractivity contribution < 1.29 is 27.9 Å². The summed E-state index contributed by atoms with van der Waals surface area (Å²) in [6.07, 6.45) is 2.12. The van der Waals surface area contributed by atoms with Gasteiger partial charge in [-0.1, -0.05) is 17.7 Å². The molecule has 186 valence electrons. The predicted molar refractivity (Wildman–Crippen MR) is 125 cm³/mol. The highest BCUT2D eigenvalue weighted by Crippen LogP contribution is 2.32. The number of aromatic nitrogens is 2. The van der Waals surface area contributed by atoms with E-state index in [2.05, 4.69) is 15.3 Å². The van der Waals surface area contributed by atoms with Gasteiger partial charge in [-0.25, -0.2) is 18.2 Å².